The second-order valence-corrected chi connectivity index (χ2v) is 4.89. The highest BCUT2D eigenvalue weighted by molar-refractivity contribution is 5.80. The minimum Gasteiger partial charge on any atom is -0.399 e. The molecule has 4 nitrogen and oxygen atoms in total. The predicted molar refractivity (Wildman–Crippen MR) is 77.8 cm³/mol. The van der Waals surface area contributed by atoms with Crippen LogP contribution in [0.2, 0.25) is 0 Å². The fraction of sp³-hybridized carbons (Fsp3) is 0.200. The van der Waals surface area contributed by atoms with Crippen LogP contribution in [0.5, 0.6) is 0 Å². The number of hydrogen-bond donors (Lipinski definition) is 1. The van der Waals surface area contributed by atoms with Crippen molar-refractivity contribution in [2.24, 2.45) is 0 Å². The topological polar surface area (TPSA) is 56.7 Å². The number of nitrogens with two attached hydrogens (primary N) is 1. The molecule has 0 unspecified atom stereocenters. The molecule has 0 saturated carbocycles. The molecule has 0 radical (unpaired) electrons. The largest absolute Gasteiger partial charge is 0.399 e. The van der Waals surface area contributed by atoms with E-state index in [0.29, 0.717) is 6.04 Å². The Morgan fingerprint density at radius 3 is 2.53 bits per heavy atom. The number of hydrogen-bond acceptors (Lipinski definition) is 3. The summed E-state index contributed by atoms with van der Waals surface area (Å²) in [4.78, 5) is 8.83. The molecular weight excluding hydrogens is 236 g/mol. The Balaban J connectivity index is 2.28. The molecule has 1 aromatic carbocycles. The van der Waals surface area contributed by atoms with Gasteiger partial charge in [-0.05, 0) is 44.2 Å². The van der Waals surface area contributed by atoms with E-state index in [1.807, 2.05) is 30.3 Å². The van der Waals surface area contributed by atoms with Gasteiger partial charge in [-0.15, -0.1) is 0 Å². The van der Waals surface area contributed by atoms with Crippen LogP contribution in [0.1, 0.15) is 19.9 Å². The number of aromatic nitrogens is 3. The Bertz CT molecular complexity index is 711. The summed E-state index contributed by atoms with van der Waals surface area (Å²) >= 11 is 0. The van der Waals surface area contributed by atoms with E-state index >= 15 is 0 Å². The van der Waals surface area contributed by atoms with Gasteiger partial charge in [-0.3, -0.25) is 4.98 Å². The van der Waals surface area contributed by atoms with E-state index in [1.54, 1.807) is 12.4 Å². The SMILES string of the molecule is CC(C)n1c(-c2ccc(N)cc2)nc2cnccc21. The third-order valence-electron chi connectivity index (χ3n) is 3.18. The van der Waals surface area contributed by atoms with Crippen molar-refractivity contribution < 1.29 is 0 Å². The van der Waals surface area contributed by atoms with Crippen molar-refractivity contribution in [3.05, 3.63) is 42.7 Å². The maximum Gasteiger partial charge on any atom is 0.141 e. The lowest BCUT2D eigenvalue weighted by molar-refractivity contribution is 0.624. The van der Waals surface area contributed by atoms with E-state index in [-0.39, 0.29) is 0 Å². The summed E-state index contributed by atoms with van der Waals surface area (Å²) in [6.45, 7) is 4.31. The molecule has 2 heterocycles. The quantitative estimate of drug-likeness (QED) is 0.712. The molecule has 0 aliphatic heterocycles. The molecule has 3 aromatic rings. The molecule has 3 rings (SSSR count). The van der Waals surface area contributed by atoms with Crippen LogP contribution < -0.4 is 5.73 Å². The molecule has 0 spiro atoms. The van der Waals surface area contributed by atoms with E-state index in [1.165, 1.54) is 0 Å². The molecule has 0 fully saturated rings. The van der Waals surface area contributed by atoms with Crippen LogP contribution in [0.3, 0.4) is 0 Å². The van der Waals surface area contributed by atoms with Gasteiger partial charge in [0.2, 0.25) is 0 Å². The summed E-state index contributed by atoms with van der Waals surface area (Å²) in [6.07, 6.45) is 3.60. The highest BCUT2D eigenvalue weighted by atomic mass is 15.1. The average Bonchev–Trinajstić information content (AvgIpc) is 2.78. The molecule has 0 bridgehead atoms. The molecule has 0 atom stereocenters. The van der Waals surface area contributed by atoms with Gasteiger partial charge < -0.3 is 10.3 Å². The van der Waals surface area contributed by atoms with E-state index in [4.69, 9.17) is 10.7 Å². The first-order valence-electron chi connectivity index (χ1n) is 6.34. The number of nitrogen functional groups attached to an aromatic ring is 1. The van der Waals surface area contributed by atoms with Crippen molar-refractivity contribution in [3.8, 4) is 11.4 Å². The zero-order valence-electron chi connectivity index (χ0n) is 11.0. The Kier molecular flexibility index (Phi) is 2.71. The van der Waals surface area contributed by atoms with Crippen LogP contribution in [0.15, 0.2) is 42.7 Å². The zero-order chi connectivity index (χ0) is 13.4. The summed E-state index contributed by atoms with van der Waals surface area (Å²) in [5.41, 5.74) is 9.60. The number of imidazole rings is 1. The smallest absolute Gasteiger partial charge is 0.141 e. The van der Waals surface area contributed by atoms with Gasteiger partial charge in [-0.2, -0.15) is 0 Å². The number of benzene rings is 1. The lowest BCUT2D eigenvalue weighted by Crippen LogP contribution is -2.03. The molecule has 0 amide bonds. The lowest BCUT2D eigenvalue weighted by Gasteiger charge is -2.13. The van der Waals surface area contributed by atoms with Gasteiger partial charge >= 0.3 is 0 Å². The van der Waals surface area contributed by atoms with Crippen molar-refractivity contribution in [1.29, 1.82) is 0 Å². The van der Waals surface area contributed by atoms with Crippen LogP contribution in [-0.2, 0) is 0 Å². The first-order chi connectivity index (χ1) is 9.16. The predicted octanol–water partition coefficient (Wildman–Crippen LogP) is 3.26. The third kappa shape index (κ3) is 1.95. The Labute approximate surface area is 111 Å². The van der Waals surface area contributed by atoms with E-state index in [9.17, 15) is 0 Å². The van der Waals surface area contributed by atoms with E-state index < -0.39 is 0 Å². The monoisotopic (exact) mass is 252 g/mol. The summed E-state index contributed by atoms with van der Waals surface area (Å²) in [6, 6.07) is 10.1. The molecule has 2 N–H and O–H groups in total. The highest BCUT2D eigenvalue weighted by Crippen LogP contribution is 2.28. The first kappa shape index (κ1) is 11.7. The average molecular weight is 252 g/mol. The van der Waals surface area contributed by atoms with Crippen LogP contribution in [0.25, 0.3) is 22.4 Å². The number of anilines is 1. The summed E-state index contributed by atoms with van der Waals surface area (Å²) in [5.74, 6) is 0.956. The maximum atomic E-state index is 5.74. The molecule has 2 aromatic heterocycles. The molecule has 0 aliphatic carbocycles. The summed E-state index contributed by atoms with van der Waals surface area (Å²) < 4.78 is 2.22. The highest BCUT2D eigenvalue weighted by Gasteiger charge is 2.14. The van der Waals surface area contributed by atoms with Crippen LogP contribution in [0.4, 0.5) is 5.69 Å². The second-order valence-electron chi connectivity index (χ2n) is 4.89. The zero-order valence-corrected chi connectivity index (χ0v) is 11.0. The molecular formula is C15H16N4. The van der Waals surface area contributed by atoms with Crippen molar-refractivity contribution in [2.45, 2.75) is 19.9 Å². The first-order valence-corrected chi connectivity index (χ1v) is 6.34. The number of fused-ring (bicyclic) bond motifs is 1. The fourth-order valence-electron chi connectivity index (χ4n) is 2.31. The molecule has 96 valence electrons. The number of nitrogens with zero attached hydrogens (tertiary/aromatic N) is 3. The van der Waals surface area contributed by atoms with Gasteiger partial charge in [-0.1, -0.05) is 0 Å². The molecule has 0 aliphatic rings. The van der Waals surface area contributed by atoms with Crippen molar-refractivity contribution in [2.75, 3.05) is 5.73 Å². The number of pyridine rings is 1. The minimum atomic E-state index is 0.333. The Morgan fingerprint density at radius 2 is 1.84 bits per heavy atom. The van der Waals surface area contributed by atoms with Gasteiger partial charge in [0.05, 0.1) is 11.7 Å². The standard InChI is InChI=1S/C15H16N4/c1-10(2)19-14-7-8-17-9-13(14)18-15(19)11-3-5-12(16)6-4-11/h3-10H,16H2,1-2H3. The fourth-order valence-corrected chi connectivity index (χ4v) is 2.31. The second kappa shape index (κ2) is 4.39. The summed E-state index contributed by atoms with van der Waals surface area (Å²) in [5, 5.41) is 0. The van der Waals surface area contributed by atoms with E-state index in [0.717, 1.165) is 28.1 Å². The van der Waals surface area contributed by atoms with Crippen molar-refractivity contribution >= 4 is 16.7 Å². The Morgan fingerprint density at radius 1 is 1.11 bits per heavy atom. The van der Waals surface area contributed by atoms with Crippen LogP contribution in [-0.4, -0.2) is 14.5 Å². The Hall–Kier alpha value is -2.36. The van der Waals surface area contributed by atoms with Gasteiger partial charge in [-0.25, -0.2) is 4.98 Å². The molecule has 19 heavy (non-hydrogen) atoms. The number of rotatable bonds is 2. The van der Waals surface area contributed by atoms with Gasteiger partial charge in [0.15, 0.2) is 0 Å². The van der Waals surface area contributed by atoms with Gasteiger partial charge in [0.25, 0.3) is 0 Å². The van der Waals surface area contributed by atoms with Gasteiger partial charge in [0.1, 0.15) is 11.3 Å². The molecule has 0 saturated heterocycles. The lowest BCUT2D eigenvalue weighted by atomic mass is 10.2. The van der Waals surface area contributed by atoms with Crippen molar-refractivity contribution in [1.82, 2.24) is 14.5 Å². The normalized spacial score (nSPS) is 11.3. The third-order valence-corrected chi connectivity index (χ3v) is 3.18. The van der Waals surface area contributed by atoms with Crippen LogP contribution >= 0.6 is 0 Å². The van der Waals surface area contributed by atoms with E-state index in [2.05, 4.69) is 23.4 Å². The molecule has 4 heteroatoms. The summed E-state index contributed by atoms with van der Waals surface area (Å²) in [7, 11) is 0. The van der Waals surface area contributed by atoms with Crippen molar-refractivity contribution in [3.63, 3.8) is 0 Å². The maximum absolute atomic E-state index is 5.74. The van der Waals surface area contributed by atoms with Crippen LogP contribution in [0, 0.1) is 0 Å². The van der Waals surface area contributed by atoms with Gasteiger partial charge in [0, 0.05) is 23.5 Å². The minimum absolute atomic E-state index is 0.333.